The van der Waals surface area contributed by atoms with Crippen molar-refractivity contribution in [3.05, 3.63) is 86.3 Å². The van der Waals surface area contributed by atoms with Gasteiger partial charge in [0.25, 0.3) is 5.91 Å². The summed E-state index contributed by atoms with van der Waals surface area (Å²) in [4.78, 5) is 16.9. The predicted octanol–water partition coefficient (Wildman–Crippen LogP) is 6.81. The van der Waals surface area contributed by atoms with Crippen LogP contribution >= 0.6 is 46.4 Å². The van der Waals surface area contributed by atoms with Crippen LogP contribution in [0.4, 0.5) is 5.69 Å². The van der Waals surface area contributed by atoms with Crippen LogP contribution in [0, 0.1) is 0 Å². The fourth-order valence-electron chi connectivity index (χ4n) is 2.94. The highest BCUT2D eigenvalue weighted by Crippen LogP contribution is 2.30. The second-order valence-electron chi connectivity index (χ2n) is 6.59. The van der Waals surface area contributed by atoms with Gasteiger partial charge in [-0.1, -0.05) is 46.4 Å². The minimum absolute atomic E-state index is 0.195. The Labute approximate surface area is 203 Å². The number of hydrogen-bond acceptors (Lipinski definition) is 4. The molecule has 0 unspecified atom stereocenters. The van der Waals surface area contributed by atoms with Crippen LogP contribution in [0.25, 0.3) is 17.1 Å². The van der Waals surface area contributed by atoms with Crippen molar-refractivity contribution in [2.45, 2.75) is 0 Å². The first-order valence-corrected chi connectivity index (χ1v) is 10.7. The second kappa shape index (κ2) is 9.38. The summed E-state index contributed by atoms with van der Waals surface area (Å²) in [5, 5.41) is 8.75. The van der Waals surface area contributed by atoms with Crippen molar-refractivity contribution in [3.8, 4) is 23.1 Å². The van der Waals surface area contributed by atoms with Gasteiger partial charge in [0.15, 0.2) is 5.82 Å². The lowest BCUT2D eigenvalue weighted by Crippen LogP contribution is -2.12. The normalized spacial score (nSPS) is 10.8. The van der Waals surface area contributed by atoms with E-state index in [0.717, 1.165) is 0 Å². The van der Waals surface area contributed by atoms with E-state index in [4.69, 9.17) is 51.1 Å². The van der Waals surface area contributed by atoms with E-state index in [1.165, 1.54) is 13.2 Å². The van der Waals surface area contributed by atoms with Crippen LogP contribution in [-0.2, 0) is 0 Å². The smallest absolute Gasteiger partial charge is 0.336 e. The molecule has 0 saturated carbocycles. The molecule has 3 aromatic carbocycles. The van der Waals surface area contributed by atoms with Gasteiger partial charge in [0.05, 0.1) is 33.4 Å². The first-order chi connectivity index (χ1) is 15.4. The van der Waals surface area contributed by atoms with Gasteiger partial charge in [0.1, 0.15) is 0 Å². The highest BCUT2D eigenvalue weighted by Gasteiger charge is 2.16. The number of hydrogen-bond donors (Lipinski definition) is 1. The van der Waals surface area contributed by atoms with Crippen molar-refractivity contribution in [1.29, 1.82) is 0 Å². The quantitative estimate of drug-likeness (QED) is 0.322. The summed E-state index contributed by atoms with van der Waals surface area (Å²) in [6.45, 7) is 0. The Morgan fingerprint density at radius 1 is 0.906 bits per heavy atom. The Morgan fingerprint density at radius 2 is 1.66 bits per heavy atom. The van der Waals surface area contributed by atoms with Crippen molar-refractivity contribution >= 4 is 58.0 Å². The van der Waals surface area contributed by atoms with E-state index in [2.05, 4.69) is 15.4 Å². The summed E-state index contributed by atoms with van der Waals surface area (Å²) >= 11 is 24.2. The lowest BCUT2D eigenvalue weighted by Gasteiger charge is -2.10. The summed E-state index contributed by atoms with van der Waals surface area (Å²) < 4.78 is 6.81. The molecule has 0 saturated heterocycles. The van der Waals surface area contributed by atoms with Crippen LogP contribution in [0.15, 0.2) is 60.7 Å². The monoisotopic (exact) mass is 506 g/mol. The number of rotatable bonds is 5. The van der Waals surface area contributed by atoms with E-state index in [1.54, 1.807) is 59.3 Å². The van der Waals surface area contributed by atoms with E-state index < -0.39 is 0 Å². The SMILES string of the molecule is COc1nc(-c2ccc(Cl)c(Cl)c2)n(-c2ccc(NC(=O)c3ccc(Cl)cc3Cl)cc2)n1. The van der Waals surface area contributed by atoms with Gasteiger partial charge in [-0.2, -0.15) is 4.98 Å². The van der Waals surface area contributed by atoms with Crippen LogP contribution in [0.3, 0.4) is 0 Å². The zero-order valence-electron chi connectivity index (χ0n) is 16.4. The highest BCUT2D eigenvalue weighted by molar-refractivity contribution is 6.42. The fourth-order valence-corrected chi connectivity index (χ4v) is 3.73. The summed E-state index contributed by atoms with van der Waals surface area (Å²) in [6, 6.07) is 17.1. The van der Waals surface area contributed by atoms with Gasteiger partial charge in [-0.15, -0.1) is 5.10 Å². The molecule has 4 aromatic rings. The number of aromatic nitrogens is 3. The summed E-state index contributed by atoms with van der Waals surface area (Å²) in [5.41, 5.74) is 2.31. The lowest BCUT2D eigenvalue weighted by atomic mass is 10.2. The van der Waals surface area contributed by atoms with Crippen molar-refractivity contribution in [2.75, 3.05) is 12.4 Å². The van der Waals surface area contributed by atoms with Crippen LogP contribution in [0.5, 0.6) is 6.01 Å². The zero-order valence-corrected chi connectivity index (χ0v) is 19.5. The Balaban J connectivity index is 1.62. The molecule has 1 amide bonds. The minimum Gasteiger partial charge on any atom is -0.466 e. The Morgan fingerprint density at radius 3 is 2.31 bits per heavy atom. The van der Waals surface area contributed by atoms with Crippen molar-refractivity contribution in [3.63, 3.8) is 0 Å². The van der Waals surface area contributed by atoms with Gasteiger partial charge in [-0.25, -0.2) is 4.68 Å². The number of methoxy groups -OCH3 is 1. The largest absolute Gasteiger partial charge is 0.466 e. The predicted molar refractivity (Wildman–Crippen MR) is 128 cm³/mol. The molecule has 1 heterocycles. The molecule has 32 heavy (non-hydrogen) atoms. The Bertz CT molecular complexity index is 1310. The van der Waals surface area contributed by atoms with Crippen LogP contribution < -0.4 is 10.1 Å². The molecule has 0 bridgehead atoms. The van der Waals surface area contributed by atoms with Gasteiger partial charge in [-0.05, 0) is 60.7 Å². The molecule has 6 nitrogen and oxygen atoms in total. The third-order valence-corrected chi connectivity index (χ3v) is 5.78. The summed E-state index contributed by atoms with van der Waals surface area (Å²) in [5.74, 6) is 0.170. The van der Waals surface area contributed by atoms with Crippen LogP contribution in [0.2, 0.25) is 20.1 Å². The number of nitrogens with one attached hydrogen (secondary N) is 1. The average Bonchev–Trinajstić information content (AvgIpc) is 3.20. The molecule has 0 aliphatic carbocycles. The molecule has 0 spiro atoms. The third kappa shape index (κ3) is 4.69. The number of anilines is 1. The van der Waals surface area contributed by atoms with Gasteiger partial charge in [0.2, 0.25) is 0 Å². The Kier molecular flexibility index (Phi) is 6.58. The van der Waals surface area contributed by atoms with E-state index in [9.17, 15) is 4.79 Å². The molecule has 1 N–H and O–H groups in total. The maximum atomic E-state index is 12.5. The van der Waals surface area contributed by atoms with E-state index in [1.807, 2.05) is 0 Å². The molecule has 1 aromatic heterocycles. The molecule has 0 radical (unpaired) electrons. The van der Waals surface area contributed by atoms with Gasteiger partial charge in [-0.3, -0.25) is 4.79 Å². The van der Waals surface area contributed by atoms with E-state index >= 15 is 0 Å². The van der Waals surface area contributed by atoms with Crippen molar-refractivity contribution < 1.29 is 9.53 Å². The maximum Gasteiger partial charge on any atom is 0.336 e. The topological polar surface area (TPSA) is 69.0 Å². The van der Waals surface area contributed by atoms with E-state index in [-0.39, 0.29) is 16.9 Å². The van der Waals surface area contributed by atoms with Crippen LogP contribution in [0.1, 0.15) is 10.4 Å². The molecular formula is C22H14Cl4N4O2. The molecule has 0 aliphatic rings. The van der Waals surface area contributed by atoms with Crippen LogP contribution in [-0.4, -0.2) is 27.8 Å². The first kappa shape index (κ1) is 22.4. The minimum atomic E-state index is -0.349. The molecule has 0 atom stereocenters. The molecular weight excluding hydrogens is 494 g/mol. The number of benzene rings is 3. The van der Waals surface area contributed by atoms with Crippen molar-refractivity contribution in [1.82, 2.24) is 14.8 Å². The zero-order chi connectivity index (χ0) is 22.8. The molecule has 10 heteroatoms. The number of halogens is 4. The molecule has 0 fully saturated rings. The average molecular weight is 508 g/mol. The second-order valence-corrected chi connectivity index (χ2v) is 8.25. The summed E-state index contributed by atoms with van der Waals surface area (Å²) in [7, 11) is 1.48. The number of nitrogens with zero attached hydrogens (tertiary/aromatic N) is 3. The Hall–Kier alpha value is -2.77. The molecule has 4 rings (SSSR count). The van der Waals surface area contributed by atoms with E-state index in [0.29, 0.717) is 43.4 Å². The molecule has 162 valence electrons. The standard InChI is InChI=1S/C22H14Cl4N4O2/c1-32-22-28-20(12-2-9-17(24)19(26)10-12)30(29-22)15-6-4-14(5-7-15)27-21(31)16-8-3-13(23)11-18(16)25/h2-11H,1H3,(H,27,31). The lowest BCUT2D eigenvalue weighted by molar-refractivity contribution is 0.102. The number of amides is 1. The molecule has 0 aliphatic heterocycles. The highest BCUT2D eigenvalue weighted by atomic mass is 35.5. The van der Waals surface area contributed by atoms with Crippen molar-refractivity contribution in [2.24, 2.45) is 0 Å². The number of carbonyl (C=O) groups excluding carboxylic acids is 1. The number of ether oxygens (including phenoxy) is 1. The van der Waals surface area contributed by atoms with Gasteiger partial charge in [0, 0.05) is 16.3 Å². The first-order valence-electron chi connectivity index (χ1n) is 9.19. The maximum absolute atomic E-state index is 12.5. The van der Waals surface area contributed by atoms with Gasteiger partial charge >= 0.3 is 6.01 Å². The van der Waals surface area contributed by atoms with Gasteiger partial charge < -0.3 is 10.1 Å². The number of carbonyl (C=O) groups is 1. The third-order valence-electron chi connectivity index (χ3n) is 4.49. The fraction of sp³-hybridized carbons (Fsp3) is 0.0455. The summed E-state index contributed by atoms with van der Waals surface area (Å²) in [6.07, 6.45) is 0.